The van der Waals surface area contributed by atoms with Crippen LogP contribution in [0.5, 0.6) is 0 Å². The normalized spacial score (nSPS) is 29.2. The van der Waals surface area contributed by atoms with Crippen molar-refractivity contribution in [2.75, 3.05) is 6.54 Å². The lowest BCUT2D eigenvalue weighted by atomic mass is 9.90. The number of rotatable bonds is 2. The Hall–Kier alpha value is -1.06. The molecular weight excluding hydrogens is 226 g/mol. The molecule has 2 atom stereocenters. The molecule has 0 radical (unpaired) electrons. The zero-order chi connectivity index (χ0) is 11.8. The molecule has 0 saturated carbocycles. The summed E-state index contributed by atoms with van der Waals surface area (Å²) in [7, 11) is 0. The number of hydrogen-bond acceptors (Lipinski definition) is 2. The Kier molecular flexibility index (Phi) is 2.91. The van der Waals surface area contributed by atoms with Gasteiger partial charge in [-0.1, -0.05) is 29.8 Å². The van der Waals surface area contributed by atoms with Gasteiger partial charge in [-0.05, 0) is 25.0 Å². The molecule has 0 amide bonds. The fourth-order valence-electron chi connectivity index (χ4n) is 2.17. The molecule has 0 spiro atoms. The zero-order valence-electron chi connectivity index (χ0n) is 9.03. The molecule has 3 nitrogen and oxygen atoms in total. The van der Waals surface area contributed by atoms with Gasteiger partial charge in [0.2, 0.25) is 0 Å². The maximum absolute atomic E-state index is 11.1. The highest BCUT2D eigenvalue weighted by Gasteiger charge is 2.41. The molecule has 2 N–H and O–H groups in total. The number of halogens is 1. The van der Waals surface area contributed by atoms with Crippen molar-refractivity contribution in [3.05, 3.63) is 34.9 Å². The van der Waals surface area contributed by atoms with E-state index in [1.807, 2.05) is 24.3 Å². The Labute approximate surface area is 99.4 Å². The second kappa shape index (κ2) is 4.07. The molecular formula is C12H14ClNO2. The van der Waals surface area contributed by atoms with Crippen LogP contribution in [0.1, 0.15) is 24.8 Å². The number of carboxylic acids is 1. The topological polar surface area (TPSA) is 49.3 Å². The number of carbonyl (C=O) groups is 1. The summed E-state index contributed by atoms with van der Waals surface area (Å²) >= 11 is 6.10. The van der Waals surface area contributed by atoms with Crippen LogP contribution in [-0.4, -0.2) is 23.2 Å². The monoisotopic (exact) mass is 239 g/mol. The first-order chi connectivity index (χ1) is 7.53. The summed E-state index contributed by atoms with van der Waals surface area (Å²) in [5.74, 6) is -0.628. The fraction of sp³-hybridized carbons (Fsp3) is 0.417. The lowest BCUT2D eigenvalue weighted by Crippen LogP contribution is -2.44. The van der Waals surface area contributed by atoms with Gasteiger partial charge in [0, 0.05) is 17.5 Å². The van der Waals surface area contributed by atoms with Crippen LogP contribution >= 0.6 is 11.6 Å². The van der Waals surface area contributed by atoms with Gasteiger partial charge in [0.05, 0.1) is 0 Å². The van der Waals surface area contributed by atoms with E-state index in [0.717, 1.165) is 5.56 Å². The Morgan fingerprint density at radius 1 is 1.56 bits per heavy atom. The molecule has 1 heterocycles. The highest BCUT2D eigenvalue weighted by Crippen LogP contribution is 2.35. The average Bonchev–Trinajstić information content (AvgIpc) is 2.63. The molecule has 2 unspecified atom stereocenters. The quantitative estimate of drug-likeness (QED) is 0.832. The van der Waals surface area contributed by atoms with E-state index in [2.05, 4.69) is 5.32 Å². The molecule has 1 fully saturated rings. The van der Waals surface area contributed by atoms with E-state index in [4.69, 9.17) is 16.7 Å². The largest absolute Gasteiger partial charge is 0.480 e. The average molecular weight is 240 g/mol. The first kappa shape index (κ1) is 11.4. The van der Waals surface area contributed by atoms with Gasteiger partial charge in [-0.2, -0.15) is 0 Å². The molecule has 1 saturated heterocycles. The van der Waals surface area contributed by atoms with Gasteiger partial charge in [0.25, 0.3) is 0 Å². The van der Waals surface area contributed by atoms with Crippen molar-refractivity contribution in [1.29, 1.82) is 0 Å². The van der Waals surface area contributed by atoms with Crippen molar-refractivity contribution < 1.29 is 9.90 Å². The first-order valence-electron chi connectivity index (χ1n) is 5.26. The highest BCUT2D eigenvalue weighted by molar-refractivity contribution is 6.31. The van der Waals surface area contributed by atoms with Gasteiger partial charge >= 0.3 is 5.97 Å². The van der Waals surface area contributed by atoms with Crippen LogP contribution in [0, 0.1) is 0 Å². The second-order valence-electron chi connectivity index (χ2n) is 4.44. The number of nitrogens with one attached hydrogen (secondary N) is 1. The van der Waals surface area contributed by atoms with Gasteiger partial charge in [0.1, 0.15) is 5.54 Å². The Morgan fingerprint density at radius 3 is 2.81 bits per heavy atom. The van der Waals surface area contributed by atoms with E-state index in [0.29, 0.717) is 18.0 Å². The van der Waals surface area contributed by atoms with Crippen LogP contribution in [0.25, 0.3) is 0 Å². The number of benzene rings is 1. The Bertz CT molecular complexity index is 421. The summed E-state index contributed by atoms with van der Waals surface area (Å²) in [6, 6.07) is 7.61. The van der Waals surface area contributed by atoms with Crippen LogP contribution in [0.3, 0.4) is 0 Å². The van der Waals surface area contributed by atoms with E-state index in [-0.39, 0.29) is 5.92 Å². The van der Waals surface area contributed by atoms with Crippen molar-refractivity contribution in [3.8, 4) is 0 Å². The van der Waals surface area contributed by atoms with Gasteiger partial charge in [-0.3, -0.25) is 4.79 Å². The van der Waals surface area contributed by atoms with Gasteiger partial charge in [-0.15, -0.1) is 0 Å². The van der Waals surface area contributed by atoms with Crippen LogP contribution < -0.4 is 5.32 Å². The smallest absolute Gasteiger partial charge is 0.323 e. The summed E-state index contributed by atoms with van der Waals surface area (Å²) in [6.07, 6.45) is 0.575. The Balaban J connectivity index is 2.22. The van der Waals surface area contributed by atoms with E-state index in [1.54, 1.807) is 6.92 Å². The van der Waals surface area contributed by atoms with Gasteiger partial charge < -0.3 is 10.4 Å². The number of aliphatic carboxylic acids is 1. The lowest BCUT2D eigenvalue weighted by Gasteiger charge is -2.18. The zero-order valence-corrected chi connectivity index (χ0v) is 9.79. The minimum atomic E-state index is -0.830. The van der Waals surface area contributed by atoms with Crippen LogP contribution in [0.4, 0.5) is 0 Å². The standard InChI is InChI=1S/C12H14ClNO2/c1-12(11(15)16)6-8(7-14-12)9-4-2-3-5-10(9)13/h2-5,8,14H,6-7H2,1H3,(H,15,16). The lowest BCUT2D eigenvalue weighted by molar-refractivity contribution is -0.143. The number of carboxylic acid groups (broad SMARTS) is 1. The second-order valence-corrected chi connectivity index (χ2v) is 4.85. The molecule has 0 aliphatic carbocycles. The fourth-order valence-corrected chi connectivity index (χ4v) is 2.46. The molecule has 1 aliphatic rings. The molecule has 1 aliphatic heterocycles. The maximum atomic E-state index is 11.1. The van der Waals surface area contributed by atoms with E-state index in [1.165, 1.54) is 0 Å². The van der Waals surface area contributed by atoms with Crippen LogP contribution in [0.2, 0.25) is 5.02 Å². The summed E-state index contributed by atoms with van der Waals surface area (Å²) in [6.45, 7) is 2.37. The Morgan fingerprint density at radius 2 is 2.25 bits per heavy atom. The maximum Gasteiger partial charge on any atom is 0.323 e. The van der Waals surface area contributed by atoms with Crippen molar-refractivity contribution in [3.63, 3.8) is 0 Å². The third kappa shape index (κ3) is 1.93. The summed E-state index contributed by atoms with van der Waals surface area (Å²) in [4.78, 5) is 11.1. The predicted molar refractivity (Wildman–Crippen MR) is 62.9 cm³/mol. The van der Waals surface area contributed by atoms with Gasteiger partial charge in [0.15, 0.2) is 0 Å². The molecule has 0 bridgehead atoms. The molecule has 1 aromatic carbocycles. The molecule has 4 heteroatoms. The summed E-state index contributed by atoms with van der Waals surface area (Å²) in [5.41, 5.74) is 0.200. The van der Waals surface area contributed by atoms with E-state index >= 15 is 0 Å². The molecule has 1 aromatic rings. The van der Waals surface area contributed by atoms with Crippen molar-refractivity contribution in [2.24, 2.45) is 0 Å². The van der Waals surface area contributed by atoms with Gasteiger partial charge in [-0.25, -0.2) is 0 Å². The van der Waals surface area contributed by atoms with E-state index < -0.39 is 11.5 Å². The molecule has 0 aromatic heterocycles. The SMILES string of the molecule is CC1(C(=O)O)CC(c2ccccc2Cl)CN1. The minimum absolute atomic E-state index is 0.176. The molecule has 16 heavy (non-hydrogen) atoms. The van der Waals surface area contributed by atoms with Crippen molar-refractivity contribution >= 4 is 17.6 Å². The van der Waals surface area contributed by atoms with E-state index in [9.17, 15) is 4.79 Å². The van der Waals surface area contributed by atoms with Crippen molar-refractivity contribution in [2.45, 2.75) is 24.8 Å². The van der Waals surface area contributed by atoms with Crippen LogP contribution in [-0.2, 0) is 4.79 Å². The predicted octanol–water partition coefficient (Wildman–Crippen LogP) is 2.26. The first-order valence-corrected chi connectivity index (χ1v) is 5.63. The molecule has 2 rings (SSSR count). The third-order valence-electron chi connectivity index (χ3n) is 3.21. The number of hydrogen-bond donors (Lipinski definition) is 2. The van der Waals surface area contributed by atoms with Crippen LogP contribution in [0.15, 0.2) is 24.3 Å². The highest BCUT2D eigenvalue weighted by atomic mass is 35.5. The minimum Gasteiger partial charge on any atom is -0.480 e. The third-order valence-corrected chi connectivity index (χ3v) is 3.55. The summed E-state index contributed by atoms with van der Waals surface area (Å²) in [5, 5.41) is 12.9. The van der Waals surface area contributed by atoms with Crippen molar-refractivity contribution in [1.82, 2.24) is 5.32 Å². The summed E-state index contributed by atoms with van der Waals surface area (Å²) < 4.78 is 0. The molecule has 86 valence electrons.